The minimum atomic E-state index is -3.22. The van der Waals surface area contributed by atoms with Crippen LogP contribution >= 0.6 is 0 Å². The summed E-state index contributed by atoms with van der Waals surface area (Å²) in [5.74, 6) is 0.00115. The Morgan fingerprint density at radius 3 is 2.21 bits per heavy atom. The number of aromatic hydroxyl groups is 1. The van der Waals surface area contributed by atoms with Crippen LogP contribution in [0.5, 0.6) is 5.75 Å². The summed E-state index contributed by atoms with van der Waals surface area (Å²) in [6, 6.07) is 12.8. The van der Waals surface area contributed by atoms with Gasteiger partial charge in [-0.25, -0.2) is 8.42 Å². The highest BCUT2D eigenvalue weighted by Crippen LogP contribution is 2.26. The van der Waals surface area contributed by atoms with Crippen LogP contribution in [-0.4, -0.2) is 19.8 Å². The lowest BCUT2D eigenvalue weighted by Crippen LogP contribution is -1.96. The van der Waals surface area contributed by atoms with Crippen LogP contribution in [0, 0.1) is 11.3 Å². The standard InChI is InChI=1S/C14H11NO3S/c1-19(17,18)14-4-2-11(3-5-14)12-6-10(9-15)7-13(16)8-12/h2-8,16H,1H3. The SMILES string of the molecule is CS(=O)(=O)c1ccc(-c2cc(O)cc(C#N)c2)cc1. The van der Waals surface area contributed by atoms with Crippen molar-refractivity contribution in [2.45, 2.75) is 4.90 Å². The van der Waals surface area contributed by atoms with Gasteiger partial charge in [0.15, 0.2) is 9.84 Å². The van der Waals surface area contributed by atoms with Crippen LogP contribution in [0.1, 0.15) is 5.56 Å². The van der Waals surface area contributed by atoms with Gasteiger partial charge in [-0.3, -0.25) is 0 Å². The third kappa shape index (κ3) is 2.92. The van der Waals surface area contributed by atoms with Gasteiger partial charge >= 0.3 is 0 Å². The van der Waals surface area contributed by atoms with Crippen molar-refractivity contribution < 1.29 is 13.5 Å². The number of benzene rings is 2. The normalized spacial score (nSPS) is 10.9. The van der Waals surface area contributed by atoms with Gasteiger partial charge in [-0.15, -0.1) is 0 Å². The highest BCUT2D eigenvalue weighted by Gasteiger charge is 2.08. The second-order valence-electron chi connectivity index (χ2n) is 4.18. The van der Waals surface area contributed by atoms with Crippen LogP contribution in [0.3, 0.4) is 0 Å². The number of phenolic OH excluding ortho intramolecular Hbond substituents is 1. The third-order valence-electron chi connectivity index (χ3n) is 2.66. The van der Waals surface area contributed by atoms with Gasteiger partial charge in [-0.1, -0.05) is 12.1 Å². The molecule has 96 valence electrons. The molecule has 0 atom stereocenters. The molecule has 4 nitrogen and oxygen atoms in total. The van der Waals surface area contributed by atoms with Crippen LogP contribution in [0.25, 0.3) is 11.1 Å². The lowest BCUT2D eigenvalue weighted by molar-refractivity contribution is 0.475. The summed E-state index contributed by atoms with van der Waals surface area (Å²) in [6.07, 6.45) is 1.14. The first-order chi connectivity index (χ1) is 8.90. The predicted molar refractivity (Wildman–Crippen MR) is 71.4 cm³/mol. The number of nitriles is 1. The highest BCUT2D eigenvalue weighted by atomic mass is 32.2. The van der Waals surface area contributed by atoms with E-state index in [4.69, 9.17) is 5.26 Å². The molecular formula is C14H11NO3S. The Morgan fingerprint density at radius 2 is 1.68 bits per heavy atom. The van der Waals surface area contributed by atoms with Gasteiger partial charge in [0.2, 0.25) is 0 Å². The van der Waals surface area contributed by atoms with Crippen molar-refractivity contribution in [3.63, 3.8) is 0 Å². The van der Waals surface area contributed by atoms with E-state index >= 15 is 0 Å². The smallest absolute Gasteiger partial charge is 0.175 e. The molecular weight excluding hydrogens is 262 g/mol. The summed E-state index contributed by atoms with van der Waals surface area (Å²) < 4.78 is 22.7. The van der Waals surface area contributed by atoms with Crippen molar-refractivity contribution >= 4 is 9.84 Å². The van der Waals surface area contributed by atoms with Crippen molar-refractivity contribution in [2.75, 3.05) is 6.26 Å². The molecule has 5 heteroatoms. The molecule has 0 heterocycles. The Kier molecular flexibility index (Phi) is 3.28. The molecule has 0 aliphatic carbocycles. The second-order valence-corrected chi connectivity index (χ2v) is 6.19. The van der Waals surface area contributed by atoms with E-state index < -0.39 is 9.84 Å². The average Bonchev–Trinajstić information content (AvgIpc) is 2.37. The molecule has 0 amide bonds. The first-order valence-corrected chi connectivity index (χ1v) is 7.34. The van der Waals surface area contributed by atoms with Crippen molar-refractivity contribution in [1.29, 1.82) is 5.26 Å². The summed E-state index contributed by atoms with van der Waals surface area (Å²) in [5.41, 5.74) is 1.75. The number of rotatable bonds is 2. The molecule has 0 radical (unpaired) electrons. The fraction of sp³-hybridized carbons (Fsp3) is 0.0714. The molecule has 0 unspecified atom stereocenters. The summed E-state index contributed by atoms with van der Waals surface area (Å²) in [4.78, 5) is 0.233. The maximum Gasteiger partial charge on any atom is 0.175 e. The molecule has 0 saturated carbocycles. The minimum absolute atomic E-state index is 0.00115. The maximum atomic E-state index is 11.4. The van der Waals surface area contributed by atoms with E-state index in [2.05, 4.69) is 0 Å². The lowest BCUT2D eigenvalue weighted by atomic mass is 10.0. The number of hydrogen-bond donors (Lipinski definition) is 1. The molecule has 2 rings (SSSR count). The lowest BCUT2D eigenvalue weighted by Gasteiger charge is -2.05. The first-order valence-electron chi connectivity index (χ1n) is 5.45. The number of nitrogens with zero attached hydrogens (tertiary/aromatic N) is 1. The van der Waals surface area contributed by atoms with E-state index in [0.717, 1.165) is 11.8 Å². The molecule has 1 N–H and O–H groups in total. The van der Waals surface area contributed by atoms with Gasteiger partial charge in [0.25, 0.3) is 0 Å². The van der Waals surface area contributed by atoms with Gasteiger partial charge in [-0.05, 0) is 41.5 Å². The third-order valence-corrected chi connectivity index (χ3v) is 3.79. The molecule has 0 bridgehead atoms. The van der Waals surface area contributed by atoms with E-state index in [1.807, 2.05) is 6.07 Å². The fourth-order valence-electron chi connectivity index (χ4n) is 1.74. The monoisotopic (exact) mass is 273 g/mol. The Balaban J connectivity index is 2.49. The zero-order valence-electron chi connectivity index (χ0n) is 10.2. The number of sulfone groups is 1. The van der Waals surface area contributed by atoms with Gasteiger partial charge in [0.05, 0.1) is 16.5 Å². The molecule has 0 aliphatic rings. The molecule has 0 aliphatic heterocycles. The first kappa shape index (κ1) is 13.1. The maximum absolute atomic E-state index is 11.4. The molecule has 0 saturated heterocycles. The molecule has 0 spiro atoms. The van der Waals surface area contributed by atoms with Gasteiger partial charge in [0.1, 0.15) is 5.75 Å². The number of hydrogen-bond acceptors (Lipinski definition) is 4. The van der Waals surface area contributed by atoms with E-state index in [0.29, 0.717) is 11.1 Å². The van der Waals surface area contributed by atoms with Crippen LogP contribution in [0.4, 0.5) is 0 Å². The Morgan fingerprint density at radius 1 is 1.05 bits per heavy atom. The second kappa shape index (κ2) is 4.75. The zero-order valence-corrected chi connectivity index (χ0v) is 11.0. The fourth-order valence-corrected chi connectivity index (χ4v) is 2.37. The summed E-state index contributed by atoms with van der Waals surface area (Å²) in [6.45, 7) is 0. The quantitative estimate of drug-likeness (QED) is 0.910. The van der Waals surface area contributed by atoms with E-state index in [-0.39, 0.29) is 10.6 Å². The topological polar surface area (TPSA) is 78.2 Å². The van der Waals surface area contributed by atoms with E-state index in [9.17, 15) is 13.5 Å². The summed E-state index contributed by atoms with van der Waals surface area (Å²) in [7, 11) is -3.22. The highest BCUT2D eigenvalue weighted by molar-refractivity contribution is 7.90. The average molecular weight is 273 g/mol. The van der Waals surface area contributed by atoms with Crippen molar-refractivity contribution in [3.8, 4) is 22.9 Å². The zero-order chi connectivity index (χ0) is 14.0. The Hall–Kier alpha value is -2.32. The molecule has 0 aromatic heterocycles. The van der Waals surface area contributed by atoms with Crippen LogP contribution in [0.2, 0.25) is 0 Å². The van der Waals surface area contributed by atoms with Crippen molar-refractivity contribution in [3.05, 3.63) is 48.0 Å². The van der Waals surface area contributed by atoms with Gasteiger partial charge in [0, 0.05) is 6.26 Å². The molecule has 0 fully saturated rings. The van der Waals surface area contributed by atoms with E-state index in [1.54, 1.807) is 18.2 Å². The minimum Gasteiger partial charge on any atom is -0.508 e. The molecule has 2 aromatic carbocycles. The van der Waals surface area contributed by atoms with Gasteiger partial charge in [-0.2, -0.15) is 5.26 Å². The van der Waals surface area contributed by atoms with E-state index in [1.165, 1.54) is 24.3 Å². The molecule has 2 aromatic rings. The summed E-state index contributed by atoms with van der Waals surface area (Å²) in [5, 5.41) is 18.4. The Bertz CT molecular complexity index is 756. The number of phenols is 1. The van der Waals surface area contributed by atoms with Crippen LogP contribution in [0.15, 0.2) is 47.4 Å². The molecule has 19 heavy (non-hydrogen) atoms. The Labute approximate surface area is 111 Å². The van der Waals surface area contributed by atoms with Crippen molar-refractivity contribution in [2.24, 2.45) is 0 Å². The van der Waals surface area contributed by atoms with Crippen molar-refractivity contribution in [1.82, 2.24) is 0 Å². The van der Waals surface area contributed by atoms with Crippen LogP contribution < -0.4 is 0 Å². The van der Waals surface area contributed by atoms with Gasteiger partial charge < -0.3 is 5.11 Å². The predicted octanol–water partition coefficient (Wildman–Crippen LogP) is 2.33. The summed E-state index contributed by atoms with van der Waals surface area (Å²) >= 11 is 0. The largest absolute Gasteiger partial charge is 0.508 e. The van der Waals surface area contributed by atoms with Crippen LogP contribution in [-0.2, 0) is 9.84 Å².